The number of hydrogen-bond donors (Lipinski definition) is 2. The molecule has 2 aromatic rings. The van der Waals surface area contributed by atoms with Crippen LogP contribution >= 0.6 is 0 Å². The van der Waals surface area contributed by atoms with Crippen molar-refractivity contribution in [1.82, 2.24) is 15.5 Å². The van der Waals surface area contributed by atoms with Gasteiger partial charge in [-0.2, -0.15) is 0 Å². The number of nitrogens with one attached hydrogen (secondary N) is 2. The first-order valence-corrected chi connectivity index (χ1v) is 11.6. The monoisotopic (exact) mass is 467 g/mol. The number of carbonyl (C=O) groups is 3. The van der Waals surface area contributed by atoms with Gasteiger partial charge in [-0.25, -0.2) is 4.79 Å². The summed E-state index contributed by atoms with van der Waals surface area (Å²) in [7, 11) is 1.59. The minimum absolute atomic E-state index is 0.138. The second-order valence-electron chi connectivity index (χ2n) is 9.79. The highest BCUT2D eigenvalue weighted by Gasteiger charge is 2.34. The number of amides is 3. The number of nitrogens with zero attached hydrogens (tertiary/aromatic N) is 1. The molecule has 0 aliphatic heterocycles. The highest BCUT2D eigenvalue weighted by Crippen LogP contribution is 2.22. The molecule has 2 atom stereocenters. The highest BCUT2D eigenvalue weighted by atomic mass is 16.6. The molecule has 0 saturated heterocycles. The average Bonchev–Trinajstić information content (AvgIpc) is 2.76. The number of carbonyl (C=O) groups excluding carboxylic acids is 3. The molecule has 2 rings (SSSR count). The molecule has 0 aromatic heterocycles. The van der Waals surface area contributed by atoms with E-state index in [4.69, 9.17) is 4.74 Å². The van der Waals surface area contributed by atoms with Gasteiger partial charge in [0.2, 0.25) is 11.8 Å². The van der Waals surface area contributed by atoms with Crippen molar-refractivity contribution >= 4 is 17.9 Å². The van der Waals surface area contributed by atoms with Gasteiger partial charge in [-0.15, -0.1) is 0 Å². The fraction of sp³-hybridized carbons (Fsp3) is 0.444. The molecule has 0 radical (unpaired) electrons. The highest BCUT2D eigenvalue weighted by molar-refractivity contribution is 5.92. The van der Waals surface area contributed by atoms with Crippen molar-refractivity contribution in [1.29, 1.82) is 0 Å². The number of ether oxygens (including phenoxy) is 1. The normalized spacial score (nSPS) is 13.0. The van der Waals surface area contributed by atoms with E-state index in [-0.39, 0.29) is 17.7 Å². The van der Waals surface area contributed by atoms with Crippen LogP contribution in [0.5, 0.6) is 0 Å². The van der Waals surface area contributed by atoms with Crippen LogP contribution in [0, 0.1) is 5.92 Å². The molecular formula is C27H37N3O4. The lowest BCUT2D eigenvalue weighted by Crippen LogP contribution is -2.52. The van der Waals surface area contributed by atoms with Gasteiger partial charge >= 0.3 is 6.09 Å². The summed E-state index contributed by atoms with van der Waals surface area (Å²) in [4.78, 5) is 40.7. The molecule has 0 spiro atoms. The Morgan fingerprint density at radius 1 is 0.941 bits per heavy atom. The summed E-state index contributed by atoms with van der Waals surface area (Å²) < 4.78 is 5.36. The summed E-state index contributed by atoms with van der Waals surface area (Å²) in [5.74, 6) is -0.519. The van der Waals surface area contributed by atoms with Gasteiger partial charge in [-0.1, -0.05) is 74.5 Å². The first-order chi connectivity index (χ1) is 16.0. The van der Waals surface area contributed by atoms with E-state index in [1.54, 1.807) is 27.8 Å². The van der Waals surface area contributed by atoms with Crippen molar-refractivity contribution in [3.8, 4) is 0 Å². The molecule has 3 amide bonds. The van der Waals surface area contributed by atoms with Crippen molar-refractivity contribution in [3.05, 3.63) is 71.8 Å². The lowest BCUT2D eigenvalue weighted by atomic mass is 10.00. The first kappa shape index (κ1) is 26.9. The van der Waals surface area contributed by atoms with E-state index < -0.39 is 23.8 Å². The third-order valence-electron chi connectivity index (χ3n) is 5.10. The minimum atomic E-state index is -0.854. The van der Waals surface area contributed by atoms with E-state index >= 15 is 0 Å². The van der Waals surface area contributed by atoms with E-state index in [0.29, 0.717) is 18.5 Å². The second-order valence-corrected chi connectivity index (χ2v) is 9.79. The van der Waals surface area contributed by atoms with Gasteiger partial charge < -0.3 is 20.3 Å². The number of alkyl carbamates (subject to hydrolysis) is 1. The molecule has 7 heteroatoms. The molecule has 0 aliphatic rings. The van der Waals surface area contributed by atoms with Crippen LogP contribution in [-0.4, -0.2) is 41.5 Å². The maximum Gasteiger partial charge on any atom is 0.408 e. The Labute approximate surface area is 202 Å². The molecule has 0 saturated carbocycles. The fourth-order valence-electron chi connectivity index (χ4n) is 3.58. The van der Waals surface area contributed by atoms with Gasteiger partial charge in [0.25, 0.3) is 0 Å². The van der Waals surface area contributed by atoms with E-state index in [1.165, 1.54) is 4.90 Å². The zero-order valence-electron chi connectivity index (χ0n) is 21.0. The van der Waals surface area contributed by atoms with Gasteiger partial charge in [-0.05, 0) is 44.2 Å². The van der Waals surface area contributed by atoms with Crippen LogP contribution in [0.4, 0.5) is 4.79 Å². The Morgan fingerprint density at radius 3 is 2.03 bits per heavy atom. The van der Waals surface area contributed by atoms with Crippen molar-refractivity contribution in [2.24, 2.45) is 5.92 Å². The van der Waals surface area contributed by atoms with Crippen LogP contribution in [0.15, 0.2) is 60.7 Å². The molecule has 0 fully saturated rings. The van der Waals surface area contributed by atoms with Gasteiger partial charge in [0.1, 0.15) is 17.7 Å². The zero-order valence-corrected chi connectivity index (χ0v) is 21.0. The topological polar surface area (TPSA) is 87.7 Å². The third kappa shape index (κ3) is 8.54. The number of rotatable bonds is 9. The predicted octanol–water partition coefficient (Wildman–Crippen LogP) is 4.44. The van der Waals surface area contributed by atoms with Crippen LogP contribution in [-0.2, 0) is 20.9 Å². The Morgan fingerprint density at radius 2 is 1.50 bits per heavy atom. The van der Waals surface area contributed by atoms with E-state index in [2.05, 4.69) is 10.6 Å². The molecule has 0 aliphatic carbocycles. The third-order valence-corrected chi connectivity index (χ3v) is 5.10. The SMILES string of the molecule is CC(C)CC(NC(=O)OC(C)(C)C)C(=O)N(C)C(C(=O)NCc1ccccc1)c1ccccc1. The largest absolute Gasteiger partial charge is 0.444 e. The molecule has 184 valence electrons. The number of benzene rings is 2. The van der Waals surface area contributed by atoms with Crippen LogP contribution in [0.1, 0.15) is 58.2 Å². The lowest BCUT2D eigenvalue weighted by Gasteiger charge is -2.32. The van der Waals surface area contributed by atoms with Gasteiger partial charge in [0, 0.05) is 13.6 Å². The standard InChI is InChI=1S/C27H37N3O4/c1-19(2)17-22(29-26(33)34-27(3,4)5)25(32)30(6)23(21-15-11-8-12-16-21)24(31)28-18-20-13-9-7-10-14-20/h7-16,19,22-23H,17-18H2,1-6H3,(H,28,31)(H,29,33). The molecule has 7 nitrogen and oxygen atoms in total. The van der Waals surface area contributed by atoms with Gasteiger partial charge in [0.05, 0.1) is 0 Å². The summed E-state index contributed by atoms with van der Waals surface area (Å²) in [6.07, 6.45) is -0.250. The summed E-state index contributed by atoms with van der Waals surface area (Å²) in [6, 6.07) is 17.0. The van der Waals surface area contributed by atoms with Crippen LogP contribution in [0.2, 0.25) is 0 Å². The summed E-state index contributed by atoms with van der Waals surface area (Å²) in [5, 5.41) is 5.64. The van der Waals surface area contributed by atoms with E-state index in [0.717, 1.165) is 5.56 Å². The van der Waals surface area contributed by atoms with Crippen LogP contribution in [0.25, 0.3) is 0 Å². The van der Waals surface area contributed by atoms with E-state index in [1.807, 2.05) is 74.5 Å². The smallest absolute Gasteiger partial charge is 0.408 e. The van der Waals surface area contributed by atoms with Crippen molar-refractivity contribution in [2.45, 2.75) is 65.3 Å². The molecule has 2 unspecified atom stereocenters. The van der Waals surface area contributed by atoms with Crippen LogP contribution < -0.4 is 10.6 Å². The molecule has 0 bridgehead atoms. The predicted molar refractivity (Wildman–Crippen MR) is 133 cm³/mol. The van der Waals surface area contributed by atoms with Gasteiger partial charge in [-0.3, -0.25) is 9.59 Å². The quantitative estimate of drug-likeness (QED) is 0.571. The second kappa shape index (κ2) is 12.2. The maximum atomic E-state index is 13.5. The van der Waals surface area contributed by atoms with Gasteiger partial charge in [0.15, 0.2) is 0 Å². The Balaban J connectivity index is 2.25. The molecular weight excluding hydrogens is 430 g/mol. The lowest BCUT2D eigenvalue weighted by molar-refractivity contribution is -0.141. The average molecular weight is 468 g/mol. The van der Waals surface area contributed by atoms with Crippen molar-refractivity contribution < 1.29 is 19.1 Å². The summed E-state index contributed by atoms with van der Waals surface area (Å²) >= 11 is 0. The van der Waals surface area contributed by atoms with Crippen molar-refractivity contribution in [3.63, 3.8) is 0 Å². The number of hydrogen-bond acceptors (Lipinski definition) is 4. The van der Waals surface area contributed by atoms with E-state index in [9.17, 15) is 14.4 Å². The zero-order chi connectivity index (χ0) is 25.3. The van der Waals surface area contributed by atoms with Crippen molar-refractivity contribution in [2.75, 3.05) is 7.05 Å². The molecule has 0 heterocycles. The maximum absolute atomic E-state index is 13.5. The Kier molecular flexibility index (Phi) is 9.66. The number of likely N-dealkylation sites (N-methyl/N-ethyl adjacent to an activating group) is 1. The first-order valence-electron chi connectivity index (χ1n) is 11.6. The summed E-state index contributed by atoms with van der Waals surface area (Å²) in [6.45, 7) is 9.58. The molecule has 2 N–H and O–H groups in total. The minimum Gasteiger partial charge on any atom is -0.444 e. The summed E-state index contributed by atoms with van der Waals surface area (Å²) in [5.41, 5.74) is 0.955. The Hall–Kier alpha value is -3.35. The van der Waals surface area contributed by atoms with Crippen LogP contribution in [0.3, 0.4) is 0 Å². The fourth-order valence-corrected chi connectivity index (χ4v) is 3.58. The molecule has 34 heavy (non-hydrogen) atoms. The molecule has 2 aromatic carbocycles. The Bertz CT molecular complexity index is 939.